The molecule has 8 nitrogen and oxygen atoms in total. The third kappa shape index (κ3) is 6.66. The molecule has 0 radical (unpaired) electrons. The molecule has 1 aromatic carbocycles. The van der Waals surface area contributed by atoms with Gasteiger partial charge in [-0.25, -0.2) is 4.79 Å². The van der Waals surface area contributed by atoms with Gasteiger partial charge in [0, 0.05) is 52.4 Å². The van der Waals surface area contributed by atoms with Crippen LogP contribution in [-0.2, 0) is 11.3 Å². The van der Waals surface area contributed by atoms with Crippen LogP contribution >= 0.6 is 0 Å². The van der Waals surface area contributed by atoms with Crippen molar-refractivity contribution < 1.29 is 19.4 Å². The zero-order chi connectivity index (χ0) is 18.9. The van der Waals surface area contributed by atoms with Crippen LogP contribution in [0.1, 0.15) is 5.56 Å². The third-order valence-corrected chi connectivity index (χ3v) is 4.75. The summed E-state index contributed by atoms with van der Waals surface area (Å²) in [6.07, 6.45) is -0.517. The molecule has 2 saturated heterocycles. The van der Waals surface area contributed by atoms with Gasteiger partial charge in [0.15, 0.2) is 0 Å². The molecule has 3 N–H and O–H groups in total. The van der Waals surface area contributed by atoms with E-state index in [0.29, 0.717) is 19.6 Å². The van der Waals surface area contributed by atoms with Crippen molar-refractivity contribution in [2.45, 2.75) is 12.6 Å². The van der Waals surface area contributed by atoms with Crippen LogP contribution in [0.2, 0.25) is 0 Å². The van der Waals surface area contributed by atoms with Gasteiger partial charge in [-0.3, -0.25) is 4.90 Å². The molecule has 0 bridgehead atoms. The summed E-state index contributed by atoms with van der Waals surface area (Å²) >= 11 is 0. The lowest BCUT2D eigenvalue weighted by molar-refractivity contribution is 0.00465. The minimum atomic E-state index is -0.517. The minimum Gasteiger partial charge on any atom is -0.491 e. The molecule has 1 atom stereocenters. The molecule has 2 aliphatic rings. The van der Waals surface area contributed by atoms with Crippen molar-refractivity contribution in [1.29, 1.82) is 0 Å². The molecule has 8 heteroatoms. The molecule has 2 heterocycles. The first kappa shape index (κ1) is 19.9. The van der Waals surface area contributed by atoms with E-state index in [2.05, 4.69) is 15.5 Å². The number of amides is 2. The van der Waals surface area contributed by atoms with Gasteiger partial charge in [-0.15, -0.1) is 0 Å². The van der Waals surface area contributed by atoms with Crippen molar-refractivity contribution in [3.8, 4) is 5.75 Å². The van der Waals surface area contributed by atoms with Gasteiger partial charge in [-0.05, 0) is 17.7 Å². The van der Waals surface area contributed by atoms with E-state index in [1.165, 1.54) is 0 Å². The Balaban J connectivity index is 1.34. The van der Waals surface area contributed by atoms with E-state index < -0.39 is 6.10 Å². The van der Waals surface area contributed by atoms with Crippen LogP contribution in [-0.4, -0.2) is 92.7 Å². The first-order valence-corrected chi connectivity index (χ1v) is 9.64. The average Bonchev–Trinajstić information content (AvgIpc) is 3.10. The van der Waals surface area contributed by atoms with Crippen molar-refractivity contribution in [3.63, 3.8) is 0 Å². The van der Waals surface area contributed by atoms with Crippen LogP contribution in [0, 0.1) is 0 Å². The fourth-order valence-electron chi connectivity index (χ4n) is 3.24. The SMILES string of the molecule is O=C1NCCN1CCNCc1cccc(OCC(O)CN2CCOCC2)c1. The Bertz CT molecular complexity index is 595. The Hall–Kier alpha value is -1.87. The number of β-amino-alcohol motifs (C(OH)–C–C–N with tert-alkyl or cyclic N) is 1. The van der Waals surface area contributed by atoms with Gasteiger partial charge in [-0.1, -0.05) is 12.1 Å². The van der Waals surface area contributed by atoms with Gasteiger partial charge in [0.2, 0.25) is 0 Å². The quantitative estimate of drug-likeness (QED) is 0.492. The third-order valence-electron chi connectivity index (χ3n) is 4.75. The van der Waals surface area contributed by atoms with Crippen LogP contribution in [0.3, 0.4) is 0 Å². The van der Waals surface area contributed by atoms with Gasteiger partial charge in [-0.2, -0.15) is 0 Å². The molecule has 0 saturated carbocycles. The smallest absolute Gasteiger partial charge is 0.317 e. The molecule has 0 spiro atoms. The summed E-state index contributed by atoms with van der Waals surface area (Å²) in [5.41, 5.74) is 1.11. The van der Waals surface area contributed by atoms with E-state index in [1.54, 1.807) is 0 Å². The lowest BCUT2D eigenvalue weighted by Crippen LogP contribution is -2.42. The van der Waals surface area contributed by atoms with Crippen LogP contribution < -0.4 is 15.4 Å². The molecular formula is C19H30N4O4. The number of aliphatic hydroxyl groups is 1. The Morgan fingerprint density at radius 2 is 2.15 bits per heavy atom. The van der Waals surface area contributed by atoms with Crippen molar-refractivity contribution in [2.75, 3.05) is 65.6 Å². The molecule has 2 amide bonds. The molecular weight excluding hydrogens is 348 g/mol. The number of rotatable bonds is 10. The Morgan fingerprint density at radius 3 is 2.93 bits per heavy atom. The van der Waals surface area contributed by atoms with Crippen LogP contribution in [0.15, 0.2) is 24.3 Å². The predicted octanol–water partition coefficient (Wildman–Crippen LogP) is -0.127. The number of nitrogens with zero attached hydrogens (tertiary/aromatic N) is 2. The van der Waals surface area contributed by atoms with Crippen molar-refractivity contribution in [1.82, 2.24) is 20.4 Å². The second-order valence-electron chi connectivity index (χ2n) is 6.92. The second kappa shape index (κ2) is 10.5. The number of hydrogen-bond acceptors (Lipinski definition) is 6. The first-order chi connectivity index (χ1) is 13.2. The molecule has 2 aliphatic heterocycles. The molecule has 27 heavy (non-hydrogen) atoms. The first-order valence-electron chi connectivity index (χ1n) is 9.64. The number of morpholine rings is 1. The van der Waals surface area contributed by atoms with Crippen LogP contribution in [0.5, 0.6) is 5.75 Å². The molecule has 2 fully saturated rings. The zero-order valence-corrected chi connectivity index (χ0v) is 15.7. The maximum atomic E-state index is 11.5. The van der Waals surface area contributed by atoms with E-state index in [1.807, 2.05) is 29.2 Å². The standard InChI is InChI=1S/C19H30N4O4/c24-17(14-22-8-10-26-11-9-22)15-27-18-3-1-2-16(12-18)13-20-4-6-23-7-5-21-19(23)25/h1-3,12,17,20,24H,4-11,13-15H2,(H,21,25). The summed E-state index contributed by atoms with van der Waals surface area (Å²) in [4.78, 5) is 15.5. The van der Waals surface area contributed by atoms with Gasteiger partial charge >= 0.3 is 6.03 Å². The number of ether oxygens (including phenoxy) is 2. The number of nitrogens with one attached hydrogen (secondary N) is 2. The highest BCUT2D eigenvalue weighted by molar-refractivity contribution is 5.76. The van der Waals surface area contributed by atoms with Crippen molar-refractivity contribution in [3.05, 3.63) is 29.8 Å². The Labute approximate surface area is 160 Å². The molecule has 1 unspecified atom stereocenters. The Kier molecular flexibility index (Phi) is 7.70. The van der Waals surface area contributed by atoms with E-state index in [0.717, 1.165) is 57.3 Å². The maximum Gasteiger partial charge on any atom is 0.317 e. The number of benzene rings is 1. The fourth-order valence-corrected chi connectivity index (χ4v) is 3.24. The van der Waals surface area contributed by atoms with Gasteiger partial charge < -0.3 is 30.1 Å². The number of aliphatic hydroxyl groups excluding tert-OH is 1. The van der Waals surface area contributed by atoms with Crippen molar-refractivity contribution >= 4 is 6.03 Å². The van der Waals surface area contributed by atoms with E-state index >= 15 is 0 Å². The van der Waals surface area contributed by atoms with Gasteiger partial charge in [0.1, 0.15) is 18.5 Å². The van der Waals surface area contributed by atoms with E-state index in [9.17, 15) is 9.90 Å². The zero-order valence-electron chi connectivity index (χ0n) is 15.7. The summed E-state index contributed by atoms with van der Waals surface area (Å²) in [6.45, 7) is 7.72. The number of carbonyl (C=O) groups is 1. The maximum absolute atomic E-state index is 11.5. The summed E-state index contributed by atoms with van der Waals surface area (Å²) in [5, 5.41) is 16.3. The van der Waals surface area contributed by atoms with E-state index in [-0.39, 0.29) is 12.6 Å². The lowest BCUT2D eigenvalue weighted by Gasteiger charge is -2.28. The van der Waals surface area contributed by atoms with Gasteiger partial charge in [0.05, 0.1) is 13.2 Å². The summed E-state index contributed by atoms with van der Waals surface area (Å²) in [6, 6.07) is 7.89. The Morgan fingerprint density at radius 1 is 1.30 bits per heavy atom. The molecule has 3 rings (SSSR count). The molecule has 1 aromatic rings. The van der Waals surface area contributed by atoms with Crippen molar-refractivity contribution in [2.24, 2.45) is 0 Å². The molecule has 0 aromatic heterocycles. The average molecular weight is 378 g/mol. The summed E-state index contributed by atoms with van der Waals surface area (Å²) in [7, 11) is 0. The van der Waals surface area contributed by atoms with Crippen LogP contribution in [0.4, 0.5) is 4.79 Å². The van der Waals surface area contributed by atoms with Crippen LogP contribution in [0.25, 0.3) is 0 Å². The topological polar surface area (TPSA) is 86.3 Å². The highest BCUT2D eigenvalue weighted by atomic mass is 16.5. The second-order valence-corrected chi connectivity index (χ2v) is 6.92. The monoisotopic (exact) mass is 378 g/mol. The number of carbonyl (C=O) groups excluding carboxylic acids is 1. The van der Waals surface area contributed by atoms with E-state index in [4.69, 9.17) is 9.47 Å². The fraction of sp³-hybridized carbons (Fsp3) is 0.632. The normalized spacial score (nSPS) is 19.1. The highest BCUT2D eigenvalue weighted by Gasteiger charge is 2.18. The molecule has 150 valence electrons. The highest BCUT2D eigenvalue weighted by Crippen LogP contribution is 2.14. The summed E-state index contributed by atoms with van der Waals surface area (Å²) < 4.78 is 11.1. The minimum absolute atomic E-state index is 0.0165. The predicted molar refractivity (Wildman–Crippen MR) is 102 cm³/mol. The number of urea groups is 1. The molecule has 0 aliphatic carbocycles. The largest absolute Gasteiger partial charge is 0.491 e. The number of hydrogen-bond donors (Lipinski definition) is 3. The summed E-state index contributed by atoms with van der Waals surface area (Å²) in [5.74, 6) is 0.759. The lowest BCUT2D eigenvalue weighted by atomic mass is 10.2. The van der Waals surface area contributed by atoms with Gasteiger partial charge in [0.25, 0.3) is 0 Å².